The number of hydrogen-bond donors (Lipinski definition) is 1. The van der Waals surface area contributed by atoms with Crippen molar-refractivity contribution in [1.82, 2.24) is 15.1 Å². The molecule has 2 aliphatic rings. The largest absolute Gasteiger partial charge is 0.367 e. The van der Waals surface area contributed by atoms with E-state index in [9.17, 15) is 4.79 Å². The van der Waals surface area contributed by atoms with Crippen LogP contribution < -0.4 is 10.2 Å². The highest BCUT2D eigenvalue weighted by atomic mass is 35.5. The first-order valence-electron chi connectivity index (χ1n) is 10.2. The number of hydrogen-bond acceptors (Lipinski definition) is 3. The quantitative estimate of drug-likeness (QED) is 0.735. The van der Waals surface area contributed by atoms with Crippen LogP contribution in [0, 0.1) is 5.92 Å². The molecule has 1 N–H and O–H groups in total. The minimum Gasteiger partial charge on any atom is -0.367 e. The summed E-state index contributed by atoms with van der Waals surface area (Å²) in [6, 6.07) is 6.77. The van der Waals surface area contributed by atoms with Crippen LogP contribution in [0.4, 0.5) is 10.5 Å². The Kier molecular flexibility index (Phi) is 7.35. The summed E-state index contributed by atoms with van der Waals surface area (Å²) >= 11 is 12.5. The number of nitrogens with one attached hydrogen (secondary N) is 1. The minimum absolute atomic E-state index is 0.0255. The zero-order valence-electron chi connectivity index (χ0n) is 17.1. The molecule has 1 aliphatic carbocycles. The van der Waals surface area contributed by atoms with E-state index in [2.05, 4.69) is 22.2 Å². The average molecular weight is 427 g/mol. The number of likely N-dealkylation sites (N-methyl/N-ethyl adjacent to an activating group) is 1. The first-order valence-corrected chi connectivity index (χ1v) is 11.0. The summed E-state index contributed by atoms with van der Waals surface area (Å²) in [6.45, 7) is 3.13. The van der Waals surface area contributed by atoms with Gasteiger partial charge < -0.3 is 15.1 Å². The van der Waals surface area contributed by atoms with Gasteiger partial charge in [0.2, 0.25) is 0 Å². The third kappa shape index (κ3) is 5.25. The first-order chi connectivity index (χ1) is 13.3. The third-order valence-corrected chi connectivity index (χ3v) is 7.04. The zero-order chi connectivity index (χ0) is 20.3. The van der Waals surface area contributed by atoms with Crippen LogP contribution in [0.3, 0.4) is 0 Å². The van der Waals surface area contributed by atoms with Crippen molar-refractivity contribution >= 4 is 34.9 Å². The molecule has 2 amide bonds. The van der Waals surface area contributed by atoms with E-state index in [-0.39, 0.29) is 6.03 Å². The Hall–Kier alpha value is -1.17. The summed E-state index contributed by atoms with van der Waals surface area (Å²) in [5.41, 5.74) is 1.04. The van der Waals surface area contributed by atoms with Crippen LogP contribution in [0.15, 0.2) is 18.2 Å². The molecule has 1 saturated carbocycles. The van der Waals surface area contributed by atoms with Crippen molar-refractivity contribution in [1.29, 1.82) is 0 Å². The first kappa shape index (κ1) is 21.5. The van der Waals surface area contributed by atoms with Gasteiger partial charge >= 0.3 is 6.03 Å². The Bertz CT molecular complexity index is 670. The van der Waals surface area contributed by atoms with Gasteiger partial charge in [0.05, 0.1) is 15.7 Å². The van der Waals surface area contributed by atoms with Gasteiger partial charge in [-0.3, -0.25) is 4.90 Å². The number of carbonyl (C=O) groups is 1. The highest BCUT2D eigenvalue weighted by Crippen LogP contribution is 2.35. The highest BCUT2D eigenvalue weighted by Gasteiger charge is 2.32. The Balaban J connectivity index is 1.35. The smallest absolute Gasteiger partial charge is 0.317 e. The molecule has 3 rings (SSSR count). The molecule has 0 radical (unpaired) electrons. The minimum atomic E-state index is 0.0255. The molecule has 0 spiro atoms. The Morgan fingerprint density at radius 3 is 2.46 bits per heavy atom. The maximum Gasteiger partial charge on any atom is 0.317 e. The van der Waals surface area contributed by atoms with Gasteiger partial charge in [0.1, 0.15) is 0 Å². The highest BCUT2D eigenvalue weighted by molar-refractivity contribution is 6.43. The van der Waals surface area contributed by atoms with E-state index >= 15 is 0 Å². The zero-order valence-corrected chi connectivity index (χ0v) is 18.6. The molecule has 1 saturated heterocycles. The molecular formula is C21H32Cl2N4O. The van der Waals surface area contributed by atoms with Gasteiger partial charge in [0.25, 0.3) is 0 Å². The molecule has 0 aromatic heterocycles. The maximum atomic E-state index is 11.8. The Morgan fingerprint density at radius 1 is 1.14 bits per heavy atom. The number of amides is 2. The van der Waals surface area contributed by atoms with E-state index in [4.69, 9.17) is 23.2 Å². The summed E-state index contributed by atoms with van der Waals surface area (Å²) in [5.74, 6) is 0.772. The van der Waals surface area contributed by atoms with E-state index in [1.54, 1.807) is 19.0 Å². The summed E-state index contributed by atoms with van der Waals surface area (Å²) < 4.78 is 0. The number of urea groups is 1. The molecular weight excluding hydrogens is 395 g/mol. The van der Waals surface area contributed by atoms with E-state index in [1.165, 1.54) is 19.3 Å². The van der Waals surface area contributed by atoms with Crippen LogP contribution in [-0.4, -0.2) is 68.7 Å². The van der Waals surface area contributed by atoms with Crippen molar-refractivity contribution in [3.05, 3.63) is 28.2 Å². The summed E-state index contributed by atoms with van der Waals surface area (Å²) in [7, 11) is 5.81. The van der Waals surface area contributed by atoms with Crippen LogP contribution in [0.5, 0.6) is 0 Å². The number of anilines is 1. The molecule has 156 valence electrons. The van der Waals surface area contributed by atoms with Gasteiger partial charge in [-0.2, -0.15) is 0 Å². The fourth-order valence-corrected chi connectivity index (χ4v) is 4.55. The molecule has 7 heteroatoms. The lowest BCUT2D eigenvalue weighted by Crippen LogP contribution is -2.58. The maximum absolute atomic E-state index is 11.8. The number of halogens is 2. The Labute approximate surface area is 178 Å². The van der Waals surface area contributed by atoms with Crippen LogP contribution in [-0.2, 0) is 0 Å². The molecule has 1 heterocycles. The SMILES string of the molecule is CN(C)C(=O)NC1CCC(CCN(C)C2CN(c3cccc(Cl)c3Cl)C2)CC1. The monoisotopic (exact) mass is 426 g/mol. The van der Waals surface area contributed by atoms with Gasteiger partial charge in [-0.15, -0.1) is 0 Å². The van der Waals surface area contributed by atoms with Crippen LogP contribution in [0.2, 0.25) is 10.0 Å². The van der Waals surface area contributed by atoms with E-state index < -0.39 is 0 Å². The van der Waals surface area contributed by atoms with Crippen molar-refractivity contribution in [2.45, 2.75) is 44.2 Å². The number of rotatable bonds is 6. The number of benzene rings is 1. The van der Waals surface area contributed by atoms with Crippen molar-refractivity contribution < 1.29 is 4.79 Å². The lowest BCUT2D eigenvalue weighted by Gasteiger charge is -2.46. The summed E-state index contributed by atoms with van der Waals surface area (Å²) in [4.78, 5) is 18.2. The molecule has 1 aromatic rings. The van der Waals surface area contributed by atoms with Crippen molar-refractivity contribution in [2.75, 3.05) is 45.7 Å². The molecule has 0 bridgehead atoms. The standard InChI is InChI=1S/C21H32Cl2N4O/c1-25(2)21(28)24-16-9-7-15(8-10-16)11-12-26(3)17-13-27(14-17)19-6-4-5-18(22)20(19)23/h4-6,15-17H,7-14H2,1-3H3,(H,24,28). The average Bonchev–Trinajstić information content (AvgIpc) is 2.63. The second-order valence-electron chi connectivity index (χ2n) is 8.46. The fraction of sp³-hybridized carbons (Fsp3) is 0.667. The van der Waals surface area contributed by atoms with Gasteiger partial charge in [-0.05, 0) is 63.7 Å². The van der Waals surface area contributed by atoms with Gasteiger partial charge in [-0.1, -0.05) is 29.3 Å². The number of nitrogens with zero attached hydrogens (tertiary/aromatic N) is 3. The normalized spacial score (nSPS) is 22.9. The fourth-order valence-electron chi connectivity index (χ4n) is 4.14. The summed E-state index contributed by atoms with van der Waals surface area (Å²) in [6.07, 6.45) is 5.85. The predicted molar refractivity (Wildman–Crippen MR) is 118 cm³/mol. The molecule has 1 aliphatic heterocycles. The van der Waals surface area contributed by atoms with E-state index in [0.29, 0.717) is 22.1 Å². The van der Waals surface area contributed by atoms with Gasteiger partial charge in [0, 0.05) is 39.3 Å². The number of carbonyl (C=O) groups excluding carboxylic acids is 1. The van der Waals surface area contributed by atoms with Gasteiger partial charge in [0.15, 0.2) is 0 Å². The lowest BCUT2D eigenvalue weighted by atomic mass is 9.84. The van der Waals surface area contributed by atoms with Crippen LogP contribution >= 0.6 is 23.2 Å². The van der Waals surface area contributed by atoms with Crippen molar-refractivity contribution in [2.24, 2.45) is 5.92 Å². The van der Waals surface area contributed by atoms with Gasteiger partial charge in [-0.25, -0.2) is 4.79 Å². The molecule has 0 unspecified atom stereocenters. The lowest BCUT2D eigenvalue weighted by molar-refractivity contribution is 0.175. The van der Waals surface area contributed by atoms with Crippen LogP contribution in [0.1, 0.15) is 32.1 Å². The van der Waals surface area contributed by atoms with Crippen molar-refractivity contribution in [3.63, 3.8) is 0 Å². The molecule has 1 aromatic carbocycles. The van der Waals surface area contributed by atoms with Crippen LogP contribution in [0.25, 0.3) is 0 Å². The third-order valence-electron chi connectivity index (χ3n) is 6.23. The topological polar surface area (TPSA) is 38.8 Å². The molecule has 0 atom stereocenters. The van der Waals surface area contributed by atoms with E-state index in [1.807, 2.05) is 18.2 Å². The Morgan fingerprint density at radius 2 is 1.82 bits per heavy atom. The second kappa shape index (κ2) is 9.55. The second-order valence-corrected chi connectivity index (χ2v) is 9.25. The van der Waals surface area contributed by atoms with E-state index in [0.717, 1.165) is 44.1 Å². The molecule has 28 heavy (non-hydrogen) atoms. The summed E-state index contributed by atoms with van der Waals surface area (Å²) in [5, 5.41) is 4.39. The van der Waals surface area contributed by atoms with Crippen molar-refractivity contribution in [3.8, 4) is 0 Å². The molecule has 2 fully saturated rings. The molecule has 5 nitrogen and oxygen atoms in total. The predicted octanol–water partition coefficient (Wildman–Crippen LogP) is 4.33.